The number of nitrogens with zero attached hydrogens (tertiary/aromatic N) is 1. The highest BCUT2D eigenvalue weighted by Gasteiger charge is 2.23. The van der Waals surface area contributed by atoms with Crippen molar-refractivity contribution in [1.82, 2.24) is 10.2 Å². The van der Waals surface area contributed by atoms with Gasteiger partial charge in [0, 0.05) is 25.7 Å². The molecule has 1 heterocycles. The third-order valence-electron chi connectivity index (χ3n) is 1.88. The summed E-state index contributed by atoms with van der Waals surface area (Å²) in [5.74, 6) is 0.134. The molecule has 1 N–H and O–H groups in total. The molecule has 0 aromatic heterocycles. The Bertz CT molecular complexity index is 195. The molecule has 1 aliphatic heterocycles. The monoisotopic (exact) mass is 152 g/mol. The quantitative estimate of drug-likeness (QED) is 0.511. The first kappa shape index (κ1) is 8.09. The van der Waals surface area contributed by atoms with Gasteiger partial charge >= 0.3 is 0 Å². The number of carbonyl (C=O) groups is 1. The van der Waals surface area contributed by atoms with Gasteiger partial charge in [-0.15, -0.1) is 0 Å². The minimum atomic E-state index is -0.117. The molecule has 11 heavy (non-hydrogen) atoms. The fourth-order valence-electron chi connectivity index (χ4n) is 1.22. The lowest BCUT2D eigenvalue weighted by Gasteiger charge is -2.31. The number of rotatable bonds is 1. The van der Waals surface area contributed by atoms with Crippen LogP contribution in [0.25, 0.3) is 0 Å². The largest absolute Gasteiger partial charge is 0.320 e. The Hall–Kier alpha value is -1.01. The number of piperazine rings is 1. The van der Waals surface area contributed by atoms with Crippen LogP contribution in [-0.4, -0.2) is 36.4 Å². The van der Waals surface area contributed by atoms with Crippen LogP contribution < -0.4 is 5.32 Å². The molecule has 1 fully saturated rings. The van der Waals surface area contributed by atoms with E-state index in [1.165, 1.54) is 0 Å². The first-order chi connectivity index (χ1) is 5.25. The van der Waals surface area contributed by atoms with Gasteiger partial charge in [-0.05, 0) is 6.92 Å². The number of Topliss-reactive ketones (excluding diaryl/α,β-unsaturated/α-hetero) is 1. The Kier molecular flexibility index (Phi) is 2.50. The summed E-state index contributed by atoms with van der Waals surface area (Å²) in [5, 5.41) is 3.12. The Morgan fingerprint density at radius 2 is 2.55 bits per heavy atom. The van der Waals surface area contributed by atoms with Crippen LogP contribution in [0.2, 0.25) is 0 Å². The van der Waals surface area contributed by atoms with Crippen molar-refractivity contribution >= 4 is 5.78 Å². The maximum atomic E-state index is 11.0. The average molecular weight is 152 g/mol. The Morgan fingerprint density at radius 1 is 1.82 bits per heavy atom. The van der Waals surface area contributed by atoms with Crippen molar-refractivity contribution in [2.24, 2.45) is 0 Å². The standard InChI is InChI=1S/C8H12N2O/c1-3-10-5-4-9-6-8(10)7(2)11/h1,8-9H,4-6H2,2H3. The molecule has 0 aliphatic carbocycles. The molecule has 0 amide bonds. The predicted molar refractivity (Wildman–Crippen MR) is 42.9 cm³/mol. The fourth-order valence-corrected chi connectivity index (χ4v) is 1.22. The smallest absolute Gasteiger partial charge is 0.154 e. The van der Waals surface area contributed by atoms with Gasteiger partial charge in [-0.3, -0.25) is 4.79 Å². The van der Waals surface area contributed by atoms with Crippen molar-refractivity contribution in [3.8, 4) is 12.5 Å². The average Bonchev–Trinajstić information content (AvgIpc) is 2.04. The highest BCUT2D eigenvalue weighted by molar-refractivity contribution is 5.82. The van der Waals surface area contributed by atoms with E-state index in [-0.39, 0.29) is 11.8 Å². The maximum Gasteiger partial charge on any atom is 0.154 e. The van der Waals surface area contributed by atoms with E-state index in [2.05, 4.69) is 11.4 Å². The van der Waals surface area contributed by atoms with E-state index < -0.39 is 0 Å². The molecule has 1 rings (SSSR count). The van der Waals surface area contributed by atoms with E-state index in [0.717, 1.165) is 13.1 Å². The first-order valence-electron chi connectivity index (χ1n) is 3.69. The Balaban J connectivity index is 2.60. The van der Waals surface area contributed by atoms with Crippen molar-refractivity contribution in [3.05, 3.63) is 0 Å². The normalized spacial score (nSPS) is 24.4. The minimum absolute atomic E-state index is 0.117. The molecule has 60 valence electrons. The van der Waals surface area contributed by atoms with E-state index in [1.54, 1.807) is 11.8 Å². The summed E-state index contributed by atoms with van der Waals surface area (Å²) in [5.41, 5.74) is 0. The van der Waals surface area contributed by atoms with Crippen molar-refractivity contribution < 1.29 is 4.79 Å². The second-order valence-corrected chi connectivity index (χ2v) is 2.65. The fraction of sp³-hybridized carbons (Fsp3) is 0.625. The van der Waals surface area contributed by atoms with E-state index in [0.29, 0.717) is 6.54 Å². The summed E-state index contributed by atoms with van der Waals surface area (Å²) < 4.78 is 0. The number of nitrogens with one attached hydrogen (secondary N) is 1. The Labute approximate surface area is 66.8 Å². The van der Waals surface area contributed by atoms with Gasteiger partial charge in [-0.25, -0.2) is 0 Å². The molecule has 0 radical (unpaired) electrons. The third kappa shape index (κ3) is 1.72. The molecule has 1 atom stereocenters. The van der Waals surface area contributed by atoms with Crippen LogP contribution in [0, 0.1) is 12.5 Å². The first-order valence-corrected chi connectivity index (χ1v) is 3.69. The lowest BCUT2D eigenvalue weighted by molar-refractivity contribution is -0.121. The number of terminal acetylenes is 1. The van der Waals surface area contributed by atoms with Crippen molar-refractivity contribution in [2.45, 2.75) is 13.0 Å². The molecule has 1 aliphatic rings. The predicted octanol–water partition coefficient (Wildman–Crippen LogP) is -0.560. The maximum absolute atomic E-state index is 11.0. The van der Waals surface area contributed by atoms with Gasteiger partial charge in [-0.2, -0.15) is 0 Å². The lowest BCUT2D eigenvalue weighted by atomic mass is 10.1. The van der Waals surface area contributed by atoms with Crippen molar-refractivity contribution in [2.75, 3.05) is 19.6 Å². The molecular formula is C8H12N2O. The summed E-state index contributed by atoms with van der Waals surface area (Å²) >= 11 is 0. The SMILES string of the molecule is C#CN1CCNCC1C(C)=O. The minimum Gasteiger partial charge on any atom is -0.320 e. The highest BCUT2D eigenvalue weighted by Crippen LogP contribution is 2.01. The summed E-state index contributed by atoms with van der Waals surface area (Å²) in [4.78, 5) is 12.7. The van der Waals surface area contributed by atoms with Gasteiger partial charge in [0.15, 0.2) is 5.78 Å². The summed E-state index contributed by atoms with van der Waals surface area (Å²) in [6, 6.07) is 2.39. The number of hydrogen-bond acceptors (Lipinski definition) is 3. The van der Waals surface area contributed by atoms with Gasteiger partial charge in [0.2, 0.25) is 0 Å². The zero-order chi connectivity index (χ0) is 8.27. The van der Waals surface area contributed by atoms with Crippen LogP contribution in [-0.2, 0) is 4.79 Å². The zero-order valence-corrected chi connectivity index (χ0v) is 6.63. The molecule has 0 saturated carbocycles. The molecule has 1 unspecified atom stereocenters. The van der Waals surface area contributed by atoms with Crippen LogP contribution in [0.3, 0.4) is 0 Å². The van der Waals surface area contributed by atoms with E-state index in [9.17, 15) is 4.79 Å². The number of hydrogen-bond donors (Lipinski definition) is 1. The van der Waals surface area contributed by atoms with Gasteiger partial charge in [0.05, 0.1) is 0 Å². The second-order valence-electron chi connectivity index (χ2n) is 2.65. The topological polar surface area (TPSA) is 32.3 Å². The molecule has 1 saturated heterocycles. The van der Waals surface area contributed by atoms with Gasteiger partial charge in [-0.1, -0.05) is 6.42 Å². The molecule has 0 aromatic rings. The van der Waals surface area contributed by atoms with Gasteiger partial charge in [0.1, 0.15) is 6.04 Å². The van der Waals surface area contributed by atoms with E-state index in [4.69, 9.17) is 6.42 Å². The molecule has 3 nitrogen and oxygen atoms in total. The number of carbonyl (C=O) groups excluding carboxylic acids is 1. The van der Waals surface area contributed by atoms with Crippen molar-refractivity contribution in [1.29, 1.82) is 0 Å². The molecule has 0 bridgehead atoms. The lowest BCUT2D eigenvalue weighted by Crippen LogP contribution is -2.52. The summed E-state index contributed by atoms with van der Waals surface area (Å²) in [6.45, 7) is 3.89. The summed E-state index contributed by atoms with van der Waals surface area (Å²) in [6.07, 6.45) is 5.23. The van der Waals surface area contributed by atoms with Crippen LogP contribution in [0.1, 0.15) is 6.92 Å². The van der Waals surface area contributed by atoms with Gasteiger partial charge < -0.3 is 10.2 Å². The second kappa shape index (κ2) is 3.40. The molecule has 0 spiro atoms. The molecule has 0 aromatic carbocycles. The van der Waals surface area contributed by atoms with Gasteiger partial charge in [0.25, 0.3) is 0 Å². The highest BCUT2D eigenvalue weighted by atomic mass is 16.1. The van der Waals surface area contributed by atoms with Crippen molar-refractivity contribution in [3.63, 3.8) is 0 Å². The van der Waals surface area contributed by atoms with E-state index >= 15 is 0 Å². The Morgan fingerprint density at radius 3 is 3.00 bits per heavy atom. The van der Waals surface area contributed by atoms with E-state index in [1.807, 2.05) is 0 Å². The number of ketones is 1. The molecule has 3 heteroatoms. The zero-order valence-electron chi connectivity index (χ0n) is 6.63. The van der Waals surface area contributed by atoms with Crippen LogP contribution in [0.4, 0.5) is 0 Å². The summed E-state index contributed by atoms with van der Waals surface area (Å²) in [7, 11) is 0. The molecular weight excluding hydrogens is 140 g/mol. The van der Waals surface area contributed by atoms with Crippen LogP contribution in [0.15, 0.2) is 0 Å². The third-order valence-corrected chi connectivity index (χ3v) is 1.88. The van der Waals surface area contributed by atoms with Crippen LogP contribution >= 0.6 is 0 Å². The van der Waals surface area contributed by atoms with Crippen LogP contribution in [0.5, 0.6) is 0 Å².